The minimum absolute atomic E-state index is 0.147. The average Bonchev–Trinajstić information content (AvgIpc) is 2.76. The number of aryl methyl sites for hydroxylation is 1. The van der Waals surface area contributed by atoms with Crippen molar-refractivity contribution >= 4 is 16.9 Å². The zero-order chi connectivity index (χ0) is 15.2. The molecule has 0 atom stereocenters. The lowest BCUT2D eigenvalue weighted by atomic mass is 10.2. The molecule has 3 N–H and O–H groups in total. The number of amides is 1. The topological polar surface area (TPSA) is 82.2 Å². The molecule has 0 aliphatic rings. The van der Waals surface area contributed by atoms with Crippen molar-refractivity contribution in [2.75, 3.05) is 19.8 Å². The number of nitrogens with zero attached hydrogens (tertiary/aromatic N) is 2. The number of nitrogens with two attached hydrogens (primary N) is 1. The van der Waals surface area contributed by atoms with Crippen LogP contribution in [0.15, 0.2) is 18.2 Å². The Balaban J connectivity index is 2.24. The summed E-state index contributed by atoms with van der Waals surface area (Å²) in [5.41, 5.74) is 8.37. The average molecular weight is 290 g/mol. The van der Waals surface area contributed by atoms with E-state index in [0.717, 1.165) is 23.4 Å². The summed E-state index contributed by atoms with van der Waals surface area (Å²) in [5, 5.41) is 3.01. The summed E-state index contributed by atoms with van der Waals surface area (Å²) in [4.78, 5) is 15.4. The summed E-state index contributed by atoms with van der Waals surface area (Å²) in [6.07, 6.45) is 0. The number of hydrogen-bond acceptors (Lipinski definition) is 4. The maximum Gasteiger partial charge on any atom is 0.231 e. The van der Waals surface area contributed by atoms with Crippen LogP contribution in [-0.4, -0.2) is 35.2 Å². The second kappa shape index (κ2) is 7.19. The van der Waals surface area contributed by atoms with Crippen LogP contribution in [0.3, 0.4) is 0 Å². The standard InChI is InChI=1S/C15H22N4O2/c1-3-21-7-6-19-13-8-11(2)4-5-12(13)18-15(19)10-17-9-14(16)20/h4-5,8,17H,3,6-7,9-10H2,1-2H3,(H2,16,20). The largest absolute Gasteiger partial charge is 0.380 e. The van der Waals surface area contributed by atoms with Crippen LogP contribution in [0.5, 0.6) is 0 Å². The van der Waals surface area contributed by atoms with Crippen LogP contribution in [0.4, 0.5) is 0 Å². The molecule has 0 spiro atoms. The highest BCUT2D eigenvalue weighted by molar-refractivity contribution is 5.77. The first-order chi connectivity index (χ1) is 10.1. The number of primary amides is 1. The molecule has 0 unspecified atom stereocenters. The van der Waals surface area contributed by atoms with Crippen LogP contribution in [-0.2, 0) is 22.6 Å². The Morgan fingerprint density at radius 1 is 1.48 bits per heavy atom. The number of benzene rings is 1. The summed E-state index contributed by atoms with van der Waals surface area (Å²) in [5.74, 6) is 0.513. The molecule has 0 saturated heterocycles. The number of carbonyl (C=O) groups excluding carboxylic acids is 1. The predicted molar refractivity (Wildman–Crippen MR) is 81.9 cm³/mol. The van der Waals surface area contributed by atoms with Gasteiger partial charge in [0.15, 0.2) is 0 Å². The molecule has 0 aliphatic heterocycles. The molecule has 0 saturated carbocycles. The molecule has 1 heterocycles. The molecule has 1 amide bonds. The van der Waals surface area contributed by atoms with E-state index in [0.29, 0.717) is 19.8 Å². The van der Waals surface area contributed by atoms with Gasteiger partial charge in [0.05, 0.1) is 30.7 Å². The predicted octanol–water partition coefficient (Wildman–Crippen LogP) is 0.956. The highest BCUT2D eigenvalue weighted by Crippen LogP contribution is 2.18. The van der Waals surface area contributed by atoms with Crippen LogP contribution >= 0.6 is 0 Å². The minimum Gasteiger partial charge on any atom is -0.380 e. The number of fused-ring (bicyclic) bond motifs is 1. The highest BCUT2D eigenvalue weighted by atomic mass is 16.5. The van der Waals surface area contributed by atoms with Gasteiger partial charge in [0, 0.05) is 13.2 Å². The van der Waals surface area contributed by atoms with Crippen LogP contribution in [0.2, 0.25) is 0 Å². The monoisotopic (exact) mass is 290 g/mol. The van der Waals surface area contributed by atoms with Crippen molar-refractivity contribution in [3.8, 4) is 0 Å². The summed E-state index contributed by atoms with van der Waals surface area (Å²) in [7, 11) is 0. The molecular formula is C15H22N4O2. The third-order valence-electron chi connectivity index (χ3n) is 3.23. The van der Waals surface area contributed by atoms with E-state index in [2.05, 4.69) is 27.9 Å². The van der Waals surface area contributed by atoms with Gasteiger partial charge in [0.2, 0.25) is 5.91 Å². The molecule has 1 aromatic carbocycles. The lowest BCUT2D eigenvalue weighted by Crippen LogP contribution is -2.29. The number of carbonyl (C=O) groups is 1. The SMILES string of the molecule is CCOCCn1c(CNCC(N)=O)nc2ccc(C)cc21. The number of ether oxygens (including phenoxy) is 1. The third kappa shape index (κ3) is 4.03. The van der Waals surface area contributed by atoms with Crippen LogP contribution in [0.1, 0.15) is 18.3 Å². The number of rotatable bonds is 8. The van der Waals surface area contributed by atoms with Gasteiger partial charge in [-0.05, 0) is 31.5 Å². The van der Waals surface area contributed by atoms with Crippen LogP contribution in [0, 0.1) is 6.92 Å². The van der Waals surface area contributed by atoms with Crippen molar-refractivity contribution in [2.24, 2.45) is 5.73 Å². The molecule has 0 radical (unpaired) electrons. The van der Waals surface area contributed by atoms with E-state index in [1.165, 1.54) is 5.56 Å². The lowest BCUT2D eigenvalue weighted by molar-refractivity contribution is -0.117. The second-order valence-electron chi connectivity index (χ2n) is 4.94. The fraction of sp³-hybridized carbons (Fsp3) is 0.467. The van der Waals surface area contributed by atoms with Gasteiger partial charge in [-0.2, -0.15) is 0 Å². The van der Waals surface area contributed by atoms with Crippen molar-refractivity contribution in [1.82, 2.24) is 14.9 Å². The molecule has 0 fully saturated rings. The molecule has 114 valence electrons. The van der Waals surface area contributed by atoms with Gasteiger partial charge in [-0.25, -0.2) is 4.98 Å². The van der Waals surface area contributed by atoms with Crippen molar-refractivity contribution in [2.45, 2.75) is 26.9 Å². The highest BCUT2D eigenvalue weighted by Gasteiger charge is 2.10. The number of hydrogen-bond donors (Lipinski definition) is 2. The zero-order valence-corrected chi connectivity index (χ0v) is 12.6. The Bertz CT molecular complexity index is 621. The molecule has 0 bridgehead atoms. The molecule has 0 aliphatic carbocycles. The minimum atomic E-state index is -0.372. The fourth-order valence-electron chi connectivity index (χ4n) is 2.26. The summed E-state index contributed by atoms with van der Waals surface area (Å²) < 4.78 is 7.57. The first-order valence-corrected chi connectivity index (χ1v) is 7.14. The molecule has 21 heavy (non-hydrogen) atoms. The quantitative estimate of drug-likeness (QED) is 0.709. The van der Waals surface area contributed by atoms with Gasteiger partial charge in [-0.15, -0.1) is 0 Å². The molecule has 1 aromatic heterocycles. The number of imidazole rings is 1. The number of aromatic nitrogens is 2. The van der Waals surface area contributed by atoms with Crippen molar-refractivity contribution in [3.05, 3.63) is 29.6 Å². The maximum absolute atomic E-state index is 10.8. The fourth-order valence-corrected chi connectivity index (χ4v) is 2.26. The molecule has 2 aromatic rings. The van der Waals surface area contributed by atoms with Crippen molar-refractivity contribution < 1.29 is 9.53 Å². The molecular weight excluding hydrogens is 268 g/mol. The van der Waals surface area contributed by atoms with Crippen LogP contribution < -0.4 is 11.1 Å². The Hall–Kier alpha value is -1.92. The zero-order valence-electron chi connectivity index (χ0n) is 12.6. The Kier molecular flexibility index (Phi) is 5.30. The second-order valence-corrected chi connectivity index (χ2v) is 4.94. The van der Waals surface area contributed by atoms with Gasteiger partial charge < -0.3 is 20.4 Å². The first kappa shape index (κ1) is 15.5. The lowest BCUT2D eigenvalue weighted by Gasteiger charge is -2.10. The van der Waals surface area contributed by atoms with E-state index in [1.807, 2.05) is 19.1 Å². The van der Waals surface area contributed by atoms with E-state index in [4.69, 9.17) is 10.5 Å². The van der Waals surface area contributed by atoms with E-state index in [-0.39, 0.29) is 12.5 Å². The molecule has 6 nitrogen and oxygen atoms in total. The van der Waals surface area contributed by atoms with E-state index >= 15 is 0 Å². The van der Waals surface area contributed by atoms with E-state index in [9.17, 15) is 4.79 Å². The van der Waals surface area contributed by atoms with Crippen molar-refractivity contribution in [1.29, 1.82) is 0 Å². The normalized spacial score (nSPS) is 11.1. The smallest absolute Gasteiger partial charge is 0.231 e. The Labute approximate surface area is 124 Å². The Morgan fingerprint density at radius 2 is 2.29 bits per heavy atom. The van der Waals surface area contributed by atoms with Gasteiger partial charge >= 0.3 is 0 Å². The summed E-state index contributed by atoms with van der Waals surface area (Å²) in [6.45, 7) is 6.76. The molecule has 2 rings (SSSR count). The van der Waals surface area contributed by atoms with Gasteiger partial charge in [-0.3, -0.25) is 4.79 Å². The Morgan fingerprint density at radius 3 is 3.00 bits per heavy atom. The van der Waals surface area contributed by atoms with Gasteiger partial charge in [0.1, 0.15) is 5.82 Å². The summed E-state index contributed by atoms with van der Waals surface area (Å²) >= 11 is 0. The van der Waals surface area contributed by atoms with Crippen LogP contribution in [0.25, 0.3) is 11.0 Å². The van der Waals surface area contributed by atoms with Gasteiger partial charge in [0.25, 0.3) is 0 Å². The van der Waals surface area contributed by atoms with E-state index < -0.39 is 0 Å². The van der Waals surface area contributed by atoms with Gasteiger partial charge in [-0.1, -0.05) is 6.07 Å². The summed E-state index contributed by atoms with van der Waals surface area (Å²) in [6, 6.07) is 6.17. The van der Waals surface area contributed by atoms with E-state index in [1.54, 1.807) is 0 Å². The number of nitrogens with one attached hydrogen (secondary N) is 1. The molecule has 6 heteroatoms. The van der Waals surface area contributed by atoms with Crippen molar-refractivity contribution in [3.63, 3.8) is 0 Å². The first-order valence-electron chi connectivity index (χ1n) is 7.14. The third-order valence-corrected chi connectivity index (χ3v) is 3.23. The maximum atomic E-state index is 10.8.